The molecule has 2 rings (SSSR count). The number of benzene rings is 1. The van der Waals surface area contributed by atoms with E-state index in [0.29, 0.717) is 0 Å². The molecular weight excluding hydrogens is 162 g/mol. The molecule has 1 fully saturated rings. The van der Waals surface area contributed by atoms with E-state index in [-0.39, 0.29) is 12.1 Å². The molecule has 2 nitrogen and oxygen atoms in total. The first-order chi connectivity index (χ1) is 6.27. The van der Waals surface area contributed by atoms with Gasteiger partial charge in [0.05, 0.1) is 12.1 Å². The Morgan fingerprint density at radius 2 is 2.00 bits per heavy atom. The zero-order chi connectivity index (χ0) is 9.26. The van der Waals surface area contributed by atoms with Crippen molar-refractivity contribution in [1.82, 2.24) is 5.32 Å². The summed E-state index contributed by atoms with van der Waals surface area (Å²) in [5.41, 5.74) is 2.45. The second kappa shape index (κ2) is 3.48. The van der Waals surface area contributed by atoms with Gasteiger partial charge in [0.1, 0.15) is 0 Å². The fourth-order valence-corrected chi connectivity index (χ4v) is 1.80. The number of hydrogen-bond acceptors (Lipinski definition) is 2. The SMILES string of the molecule is Cc1ccc([C@H]2NCC[C@H]2O)cc1. The molecule has 13 heavy (non-hydrogen) atoms. The van der Waals surface area contributed by atoms with Crippen LogP contribution >= 0.6 is 0 Å². The van der Waals surface area contributed by atoms with E-state index in [2.05, 4.69) is 36.5 Å². The maximum Gasteiger partial charge on any atom is 0.0747 e. The molecule has 2 N–H and O–H groups in total. The summed E-state index contributed by atoms with van der Waals surface area (Å²) in [5.74, 6) is 0. The summed E-state index contributed by atoms with van der Waals surface area (Å²) in [5, 5.41) is 12.9. The summed E-state index contributed by atoms with van der Waals surface area (Å²) in [6.07, 6.45) is 0.640. The van der Waals surface area contributed by atoms with Crippen LogP contribution in [0, 0.1) is 6.92 Å². The van der Waals surface area contributed by atoms with Gasteiger partial charge in [0, 0.05) is 0 Å². The molecule has 1 heterocycles. The van der Waals surface area contributed by atoms with Crippen LogP contribution in [0.15, 0.2) is 24.3 Å². The van der Waals surface area contributed by atoms with E-state index < -0.39 is 0 Å². The Hall–Kier alpha value is -0.860. The van der Waals surface area contributed by atoms with Gasteiger partial charge >= 0.3 is 0 Å². The molecule has 0 aliphatic carbocycles. The first kappa shape index (κ1) is 8.73. The predicted octanol–water partition coefficient (Wildman–Crippen LogP) is 1.39. The fourth-order valence-electron chi connectivity index (χ4n) is 1.80. The van der Waals surface area contributed by atoms with Crippen molar-refractivity contribution in [1.29, 1.82) is 0 Å². The number of aliphatic hydroxyl groups excluding tert-OH is 1. The Morgan fingerprint density at radius 3 is 2.54 bits per heavy atom. The third-order valence-corrected chi connectivity index (χ3v) is 2.63. The quantitative estimate of drug-likeness (QED) is 0.679. The molecule has 1 aliphatic heterocycles. The standard InChI is InChI=1S/C11H15NO/c1-8-2-4-9(5-3-8)11-10(13)6-7-12-11/h2-5,10-13H,6-7H2,1H3/t10-,11-/m1/s1. The summed E-state index contributed by atoms with van der Waals surface area (Å²) in [4.78, 5) is 0. The highest BCUT2D eigenvalue weighted by Crippen LogP contribution is 2.23. The molecule has 1 saturated heterocycles. The molecule has 0 aromatic heterocycles. The van der Waals surface area contributed by atoms with Crippen LogP contribution in [0.5, 0.6) is 0 Å². The number of aryl methyl sites for hydroxylation is 1. The van der Waals surface area contributed by atoms with Crippen molar-refractivity contribution in [2.24, 2.45) is 0 Å². The van der Waals surface area contributed by atoms with Crippen LogP contribution in [0.4, 0.5) is 0 Å². The monoisotopic (exact) mass is 177 g/mol. The Balaban J connectivity index is 2.20. The molecule has 1 aromatic rings. The normalized spacial score (nSPS) is 27.8. The zero-order valence-electron chi connectivity index (χ0n) is 7.83. The highest BCUT2D eigenvalue weighted by Gasteiger charge is 2.25. The first-order valence-electron chi connectivity index (χ1n) is 4.75. The lowest BCUT2D eigenvalue weighted by atomic mass is 10.0. The summed E-state index contributed by atoms with van der Waals surface area (Å²) in [6.45, 7) is 2.99. The minimum atomic E-state index is -0.220. The Morgan fingerprint density at radius 1 is 1.31 bits per heavy atom. The van der Waals surface area contributed by atoms with E-state index in [9.17, 15) is 5.11 Å². The molecule has 0 spiro atoms. The average Bonchev–Trinajstić information content (AvgIpc) is 2.53. The lowest BCUT2D eigenvalue weighted by molar-refractivity contribution is 0.160. The van der Waals surface area contributed by atoms with Gasteiger partial charge in [0.15, 0.2) is 0 Å². The van der Waals surface area contributed by atoms with Crippen molar-refractivity contribution in [3.05, 3.63) is 35.4 Å². The number of rotatable bonds is 1. The number of aliphatic hydroxyl groups is 1. The molecule has 1 aromatic carbocycles. The molecule has 1 aliphatic rings. The zero-order valence-corrected chi connectivity index (χ0v) is 7.83. The smallest absolute Gasteiger partial charge is 0.0747 e. The fraction of sp³-hybridized carbons (Fsp3) is 0.455. The van der Waals surface area contributed by atoms with Gasteiger partial charge in [-0.1, -0.05) is 29.8 Å². The molecule has 0 saturated carbocycles. The van der Waals surface area contributed by atoms with Crippen molar-refractivity contribution in [2.75, 3.05) is 6.54 Å². The van der Waals surface area contributed by atoms with E-state index in [0.717, 1.165) is 13.0 Å². The van der Waals surface area contributed by atoms with Gasteiger partial charge in [0.25, 0.3) is 0 Å². The van der Waals surface area contributed by atoms with Gasteiger partial charge in [0.2, 0.25) is 0 Å². The van der Waals surface area contributed by atoms with Crippen molar-refractivity contribution in [3.63, 3.8) is 0 Å². The van der Waals surface area contributed by atoms with Crippen molar-refractivity contribution in [3.8, 4) is 0 Å². The van der Waals surface area contributed by atoms with E-state index >= 15 is 0 Å². The van der Waals surface area contributed by atoms with Crippen molar-refractivity contribution < 1.29 is 5.11 Å². The Labute approximate surface area is 78.6 Å². The van der Waals surface area contributed by atoms with E-state index in [1.54, 1.807) is 0 Å². The second-order valence-corrected chi connectivity index (χ2v) is 3.70. The second-order valence-electron chi connectivity index (χ2n) is 3.70. The Bertz CT molecular complexity index is 281. The van der Waals surface area contributed by atoms with Gasteiger partial charge < -0.3 is 10.4 Å². The lowest BCUT2D eigenvalue weighted by Gasteiger charge is -2.14. The molecule has 0 unspecified atom stereocenters. The highest BCUT2D eigenvalue weighted by atomic mass is 16.3. The summed E-state index contributed by atoms with van der Waals surface area (Å²) >= 11 is 0. The summed E-state index contributed by atoms with van der Waals surface area (Å²) in [6, 6.07) is 8.48. The molecule has 2 atom stereocenters. The number of hydrogen-bond donors (Lipinski definition) is 2. The maximum atomic E-state index is 9.65. The van der Waals surface area contributed by atoms with Crippen molar-refractivity contribution in [2.45, 2.75) is 25.5 Å². The molecule has 2 heteroatoms. The number of nitrogens with one attached hydrogen (secondary N) is 1. The third kappa shape index (κ3) is 1.74. The molecular formula is C11H15NO. The maximum absolute atomic E-state index is 9.65. The van der Waals surface area contributed by atoms with Gasteiger partial charge in [-0.05, 0) is 25.5 Å². The average molecular weight is 177 g/mol. The first-order valence-corrected chi connectivity index (χ1v) is 4.75. The van der Waals surface area contributed by atoms with Crippen LogP contribution in [-0.4, -0.2) is 17.8 Å². The lowest BCUT2D eigenvalue weighted by Crippen LogP contribution is -2.20. The topological polar surface area (TPSA) is 32.3 Å². The minimum absolute atomic E-state index is 0.139. The van der Waals surface area contributed by atoms with Gasteiger partial charge in [-0.25, -0.2) is 0 Å². The van der Waals surface area contributed by atoms with Crippen LogP contribution in [0.3, 0.4) is 0 Å². The van der Waals surface area contributed by atoms with Gasteiger partial charge in [-0.2, -0.15) is 0 Å². The van der Waals surface area contributed by atoms with Crippen LogP contribution in [-0.2, 0) is 0 Å². The van der Waals surface area contributed by atoms with Crippen LogP contribution in [0.1, 0.15) is 23.6 Å². The third-order valence-electron chi connectivity index (χ3n) is 2.63. The Kier molecular flexibility index (Phi) is 2.34. The van der Waals surface area contributed by atoms with Gasteiger partial charge in [-0.15, -0.1) is 0 Å². The summed E-state index contributed by atoms with van der Waals surface area (Å²) in [7, 11) is 0. The van der Waals surface area contributed by atoms with Gasteiger partial charge in [-0.3, -0.25) is 0 Å². The molecule has 0 amide bonds. The van der Waals surface area contributed by atoms with Crippen LogP contribution in [0.2, 0.25) is 0 Å². The molecule has 0 bridgehead atoms. The van der Waals surface area contributed by atoms with Crippen LogP contribution < -0.4 is 5.32 Å². The largest absolute Gasteiger partial charge is 0.391 e. The van der Waals surface area contributed by atoms with E-state index in [4.69, 9.17) is 0 Å². The summed E-state index contributed by atoms with van der Waals surface area (Å²) < 4.78 is 0. The van der Waals surface area contributed by atoms with Crippen molar-refractivity contribution >= 4 is 0 Å². The molecule has 70 valence electrons. The van der Waals surface area contributed by atoms with E-state index in [1.807, 2.05) is 0 Å². The molecule has 0 radical (unpaired) electrons. The minimum Gasteiger partial charge on any atom is -0.391 e. The van der Waals surface area contributed by atoms with E-state index in [1.165, 1.54) is 11.1 Å². The van der Waals surface area contributed by atoms with Crippen LogP contribution in [0.25, 0.3) is 0 Å². The predicted molar refractivity (Wildman–Crippen MR) is 52.5 cm³/mol. The highest BCUT2D eigenvalue weighted by molar-refractivity contribution is 5.25.